The monoisotopic (exact) mass is 397 g/mol. The maximum absolute atomic E-state index is 12.8. The van der Waals surface area contributed by atoms with Gasteiger partial charge in [0.25, 0.3) is 5.91 Å². The smallest absolute Gasteiger partial charge is 0.387 e. The van der Waals surface area contributed by atoms with Crippen LogP contribution >= 0.6 is 0 Å². The minimum Gasteiger partial charge on any atom is -0.490 e. The SMILES string of the molecule is CCOc1cc(C(=O)OCC(=O)NCc2ccc(F)cc2)ccc1OC(F)F. The lowest BCUT2D eigenvalue weighted by Gasteiger charge is -2.12. The average molecular weight is 397 g/mol. The summed E-state index contributed by atoms with van der Waals surface area (Å²) in [7, 11) is 0. The summed E-state index contributed by atoms with van der Waals surface area (Å²) in [6.07, 6.45) is 0. The molecule has 0 fully saturated rings. The number of benzene rings is 2. The molecule has 0 aliphatic carbocycles. The molecule has 0 radical (unpaired) electrons. The van der Waals surface area contributed by atoms with E-state index in [1.807, 2.05) is 0 Å². The molecule has 0 aliphatic rings. The first-order valence-corrected chi connectivity index (χ1v) is 8.29. The van der Waals surface area contributed by atoms with Crippen molar-refractivity contribution in [3.8, 4) is 11.5 Å². The molecule has 0 bridgehead atoms. The molecule has 0 spiro atoms. The van der Waals surface area contributed by atoms with Crippen molar-refractivity contribution in [2.45, 2.75) is 20.1 Å². The minimum absolute atomic E-state index is 0.0106. The highest BCUT2D eigenvalue weighted by atomic mass is 19.3. The van der Waals surface area contributed by atoms with Crippen LogP contribution in [0.3, 0.4) is 0 Å². The van der Waals surface area contributed by atoms with Gasteiger partial charge in [-0.05, 0) is 42.8 Å². The number of hydrogen-bond acceptors (Lipinski definition) is 5. The second-order valence-electron chi connectivity index (χ2n) is 5.45. The first kappa shape index (κ1) is 21.1. The zero-order chi connectivity index (χ0) is 20.5. The maximum Gasteiger partial charge on any atom is 0.387 e. The van der Waals surface area contributed by atoms with Crippen LogP contribution in [0.1, 0.15) is 22.8 Å². The van der Waals surface area contributed by atoms with Gasteiger partial charge in [-0.15, -0.1) is 0 Å². The first-order valence-electron chi connectivity index (χ1n) is 8.29. The van der Waals surface area contributed by atoms with Gasteiger partial charge in [0.2, 0.25) is 0 Å². The number of alkyl halides is 2. The number of esters is 1. The lowest BCUT2D eigenvalue weighted by molar-refractivity contribution is -0.124. The Morgan fingerprint density at radius 1 is 1.07 bits per heavy atom. The molecule has 1 amide bonds. The van der Waals surface area contributed by atoms with Crippen LogP contribution in [0.5, 0.6) is 11.5 Å². The van der Waals surface area contributed by atoms with Crippen LogP contribution in [0.4, 0.5) is 13.2 Å². The number of rotatable bonds is 9. The molecule has 0 aromatic heterocycles. The predicted octanol–water partition coefficient (Wildman–Crippen LogP) is 3.30. The van der Waals surface area contributed by atoms with Crippen molar-refractivity contribution in [3.63, 3.8) is 0 Å². The lowest BCUT2D eigenvalue weighted by atomic mass is 10.2. The van der Waals surface area contributed by atoms with Crippen LogP contribution in [0, 0.1) is 5.82 Å². The summed E-state index contributed by atoms with van der Waals surface area (Å²) in [6.45, 7) is -1.63. The minimum atomic E-state index is -3.04. The molecule has 0 unspecified atom stereocenters. The first-order chi connectivity index (χ1) is 13.4. The summed E-state index contributed by atoms with van der Waals surface area (Å²) in [4.78, 5) is 23.8. The number of ether oxygens (including phenoxy) is 3. The van der Waals surface area contributed by atoms with E-state index < -0.39 is 25.1 Å². The lowest BCUT2D eigenvalue weighted by Crippen LogP contribution is -2.28. The van der Waals surface area contributed by atoms with Crippen molar-refractivity contribution in [3.05, 3.63) is 59.4 Å². The van der Waals surface area contributed by atoms with E-state index >= 15 is 0 Å². The van der Waals surface area contributed by atoms with Gasteiger partial charge in [-0.2, -0.15) is 8.78 Å². The van der Waals surface area contributed by atoms with Gasteiger partial charge >= 0.3 is 12.6 Å². The van der Waals surface area contributed by atoms with E-state index in [0.29, 0.717) is 5.56 Å². The highest BCUT2D eigenvalue weighted by Gasteiger charge is 2.16. The van der Waals surface area contributed by atoms with Crippen LogP contribution in [0.25, 0.3) is 0 Å². The molecule has 0 atom stereocenters. The molecular weight excluding hydrogens is 379 g/mol. The van der Waals surface area contributed by atoms with Gasteiger partial charge in [0.1, 0.15) is 5.82 Å². The fraction of sp³-hybridized carbons (Fsp3) is 0.263. The molecule has 2 aromatic rings. The van der Waals surface area contributed by atoms with Gasteiger partial charge in [-0.25, -0.2) is 9.18 Å². The summed E-state index contributed by atoms with van der Waals surface area (Å²) in [5.74, 6) is -2.04. The zero-order valence-corrected chi connectivity index (χ0v) is 14.9. The molecule has 2 aromatic carbocycles. The zero-order valence-electron chi connectivity index (χ0n) is 14.9. The van der Waals surface area contributed by atoms with Crippen molar-refractivity contribution in [2.24, 2.45) is 0 Å². The number of nitrogens with one attached hydrogen (secondary N) is 1. The number of carbonyl (C=O) groups excluding carboxylic acids is 2. The standard InChI is InChI=1S/C19H18F3NO5/c1-2-26-16-9-13(5-8-15(16)28-19(21)22)18(25)27-11-17(24)23-10-12-3-6-14(20)7-4-12/h3-9,19H,2,10-11H2,1H3,(H,23,24). The molecule has 0 heterocycles. The highest BCUT2D eigenvalue weighted by molar-refractivity contribution is 5.92. The molecular formula is C19H18F3NO5. The summed E-state index contributed by atoms with van der Waals surface area (Å²) in [5, 5.41) is 2.52. The van der Waals surface area contributed by atoms with Crippen LogP contribution in [0.2, 0.25) is 0 Å². The van der Waals surface area contributed by atoms with Crippen molar-refractivity contribution in [1.82, 2.24) is 5.32 Å². The van der Waals surface area contributed by atoms with Crippen molar-refractivity contribution in [1.29, 1.82) is 0 Å². The number of carbonyl (C=O) groups is 2. The van der Waals surface area contributed by atoms with Gasteiger partial charge in [0.15, 0.2) is 18.1 Å². The van der Waals surface area contributed by atoms with Crippen molar-refractivity contribution < 1.29 is 37.0 Å². The quantitative estimate of drug-likeness (QED) is 0.658. The molecule has 0 saturated carbocycles. The Balaban J connectivity index is 1.89. The number of halogens is 3. The fourth-order valence-corrected chi connectivity index (χ4v) is 2.17. The van der Waals surface area contributed by atoms with E-state index in [2.05, 4.69) is 10.1 Å². The van der Waals surface area contributed by atoms with Gasteiger partial charge < -0.3 is 19.5 Å². The van der Waals surface area contributed by atoms with Crippen LogP contribution in [-0.2, 0) is 16.1 Å². The van der Waals surface area contributed by atoms with E-state index in [1.54, 1.807) is 6.92 Å². The average Bonchev–Trinajstić information content (AvgIpc) is 2.66. The van der Waals surface area contributed by atoms with Crippen LogP contribution < -0.4 is 14.8 Å². The van der Waals surface area contributed by atoms with Gasteiger partial charge in [-0.1, -0.05) is 12.1 Å². The molecule has 2 rings (SSSR count). The van der Waals surface area contributed by atoms with Crippen LogP contribution in [-0.4, -0.2) is 31.7 Å². The topological polar surface area (TPSA) is 73.9 Å². The second kappa shape index (κ2) is 10.2. The predicted molar refractivity (Wildman–Crippen MR) is 92.8 cm³/mol. The second-order valence-corrected chi connectivity index (χ2v) is 5.45. The van der Waals surface area contributed by atoms with Crippen molar-refractivity contribution in [2.75, 3.05) is 13.2 Å². The van der Waals surface area contributed by atoms with Gasteiger partial charge in [0, 0.05) is 6.54 Å². The fourth-order valence-electron chi connectivity index (χ4n) is 2.17. The van der Waals surface area contributed by atoms with Crippen LogP contribution in [0.15, 0.2) is 42.5 Å². The van der Waals surface area contributed by atoms with Gasteiger partial charge in [0.05, 0.1) is 12.2 Å². The molecule has 1 N–H and O–H groups in total. The Morgan fingerprint density at radius 3 is 2.43 bits per heavy atom. The third-order valence-electron chi connectivity index (χ3n) is 3.43. The van der Waals surface area contributed by atoms with E-state index in [-0.39, 0.29) is 36.0 Å². The Kier molecular flexibility index (Phi) is 7.67. The third-order valence-corrected chi connectivity index (χ3v) is 3.43. The van der Waals surface area contributed by atoms with E-state index in [1.165, 1.54) is 36.4 Å². The Bertz CT molecular complexity index is 812. The van der Waals surface area contributed by atoms with E-state index in [9.17, 15) is 22.8 Å². The largest absolute Gasteiger partial charge is 0.490 e. The Morgan fingerprint density at radius 2 is 1.79 bits per heavy atom. The van der Waals surface area contributed by atoms with Gasteiger partial charge in [-0.3, -0.25) is 4.79 Å². The number of hydrogen-bond donors (Lipinski definition) is 1. The molecule has 9 heteroatoms. The summed E-state index contributed by atoms with van der Waals surface area (Å²) < 4.78 is 52.0. The van der Waals surface area contributed by atoms with E-state index in [0.717, 1.165) is 6.07 Å². The molecule has 0 aliphatic heterocycles. The summed E-state index contributed by atoms with van der Waals surface area (Å²) in [6, 6.07) is 9.12. The summed E-state index contributed by atoms with van der Waals surface area (Å²) in [5.41, 5.74) is 0.688. The number of amides is 1. The molecule has 0 saturated heterocycles. The molecule has 6 nitrogen and oxygen atoms in total. The highest BCUT2D eigenvalue weighted by Crippen LogP contribution is 2.30. The molecule has 28 heavy (non-hydrogen) atoms. The normalized spacial score (nSPS) is 10.5. The molecule has 150 valence electrons. The Labute approximate surface area is 159 Å². The Hall–Kier alpha value is -3.23. The van der Waals surface area contributed by atoms with Crippen molar-refractivity contribution >= 4 is 11.9 Å². The maximum atomic E-state index is 12.8. The summed E-state index contributed by atoms with van der Waals surface area (Å²) >= 11 is 0. The van der Waals surface area contributed by atoms with E-state index in [4.69, 9.17) is 9.47 Å². The third kappa shape index (κ3) is 6.49.